The van der Waals surface area contributed by atoms with Gasteiger partial charge in [-0.25, -0.2) is 4.79 Å². The number of amides is 1. The molecule has 1 aliphatic heterocycles. The van der Waals surface area contributed by atoms with Crippen LogP contribution >= 0.6 is 23.2 Å². The highest BCUT2D eigenvalue weighted by molar-refractivity contribution is 6.42. The topological polar surface area (TPSA) is 66.8 Å². The van der Waals surface area contributed by atoms with Crippen LogP contribution in [0.25, 0.3) is 0 Å². The molecule has 0 unspecified atom stereocenters. The molecule has 0 spiro atoms. The van der Waals surface area contributed by atoms with Gasteiger partial charge in [-0.05, 0) is 18.6 Å². The van der Waals surface area contributed by atoms with E-state index in [4.69, 9.17) is 27.9 Å². The first-order valence-electron chi connectivity index (χ1n) is 6.44. The second kappa shape index (κ2) is 6.54. The third-order valence-electron chi connectivity index (χ3n) is 3.75. The highest BCUT2D eigenvalue weighted by atomic mass is 35.5. The van der Waals surface area contributed by atoms with E-state index < -0.39 is 6.09 Å². The van der Waals surface area contributed by atoms with E-state index in [0.717, 1.165) is 6.29 Å². The first-order valence-corrected chi connectivity index (χ1v) is 7.20. The van der Waals surface area contributed by atoms with Crippen LogP contribution in [0, 0.1) is 0 Å². The number of benzene rings is 1. The van der Waals surface area contributed by atoms with Gasteiger partial charge >= 0.3 is 6.09 Å². The number of methoxy groups -OCH3 is 1. The summed E-state index contributed by atoms with van der Waals surface area (Å²) < 4.78 is 5.31. The van der Waals surface area contributed by atoms with Gasteiger partial charge in [0.2, 0.25) is 0 Å². The molecule has 0 bridgehead atoms. The van der Waals surface area contributed by atoms with Crippen LogP contribution in [0.5, 0.6) is 5.75 Å². The summed E-state index contributed by atoms with van der Waals surface area (Å²) in [6, 6.07) is 3.01. The van der Waals surface area contributed by atoms with Gasteiger partial charge in [0.1, 0.15) is 12.0 Å². The highest BCUT2D eigenvalue weighted by Gasteiger charge is 2.38. The number of halogens is 2. The summed E-state index contributed by atoms with van der Waals surface area (Å²) in [5.74, 6) is 0.429. The van der Waals surface area contributed by atoms with E-state index in [0.29, 0.717) is 27.8 Å². The maximum absolute atomic E-state index is 11.3. The van der Waals surface area contributed by atoms with Gasteiger partial charge in [-0.3, -0.25) is 0 Å². The van der Waals surface area contributed by atoms with E-state index in [9.17, 15) is 14.7 Å². The third kappa shape index (κ3) is 3.09. The number of carboxylic acid groups (broad SMARTS) is 1. The first kappa shape index (κ1) is 15.9. The van der Waals surface area contributed by atoms with E-state index in [-0.39, 0.29) is 24.9 Å². The molecule has 2 rings (SSSR count). The van der Waals surface area contributed by atoms with Crippen molar-refractivity contribution >= 4 is 35.6 Å². The fraction of sp³-hybridized carbons (Fsp3) is 0.429. The van der Waals surface area contributed by atoms with E-state index in [2.05, 4.69) is 0 Å². The molecule has 5 nitrogen and oxygen atoms in total. The van der Waals surface area contributed by atoms with Gasteiger partial charge in [0.05, 0.1) is 17.2 Å². The minimum Gasteiger partial charge on any atom is -0.496 e. The van der Waals surface area contributed by atoms with Crippen molar-refractivity contribution in [3.63, 3.8) is 0 Å². The summed E-state index contributed by atoms with van der Waals surface area (Å²) in [4.78, 5) is 23.3. The van der Waals surface area contributed by atoms with Crippen molar-refractivity contribution in [3.05, 3.63) is 27.7 Å². The zero-order chi connectivity index (χ0) is 15.6. The second-order valence-electron chi connectivity index (χ2n) is 4.90. The van der Waals surface area contributed by atoms with Gasteiger partial charge in [-0.1, -0.05) is 23.2 Å². The van der Waals surface area contributed by atoms with Crippen molar-refractivity contribution in [3.8, 4) is 5.75 Å². The molecule has 1 aromatic rings. The largest absolute Gasteiger partial charge is 0.496 e. The lowest BCUT2D eigenvalue weighted by Crippen LogP contribution is -2.34. The molecule has 2 atom stereocenters. The summed E-state index contributed by atoms with van der Waals surface area (Å²) in [6.45, 7) is 0.268. The monoisotopic (exact) mass is 331 g/mol. The number of likely N-dealkylation sites (tertiary alicyclic amines) is 1. The second-order valence-corrected chi connectivity index (χ2v) is 5.69. The third-order valence-corrected chi connectivity index (χ3v) is 4.57. The number of ether oxygens (including phenoxy) is 1. The Morgan fingerprint density at radius 2 is 2.24 bits per heavy atom. The van der Waals surface area contributed by atoms with E-state index in [1.807, 2.05) is 0 Å². The number of hydrogen-bond donors (Lipinski definition) is 1. The van der Waals surface area contributed by atoms with E-state index in [1.54, 1.807) is 12.1 Å². The van der Waals surface area contributed by atoms with Crippen LogP contribution in [0.3, 0.4) is 0 Å². The lowest BCUT2D eigenvalue weighted by atomic mass is 9.94. The quantitative estimate of drug-likeness (QED) is 0.858. The van der Waals surface area contributed by atoms with E-state index in [1.165, 1.54) is 12.0 Å². The van der Waals surface area contributed by atoms with E-state index >= 15 is 0 Å². The standard InChI is InChI=1S/C14H15Cl2NO4/c1-21-11-3-2-10(15)13(16)12(11)8-6-9(4-5-18)17(7-8)14(19)20/h2-3,5,8-9H,4,6-7H2,1H3,(H,19,20)/t8-,9+/m0/s1. The van der Waals surface area contributed by atoms with Gasteiger partial charge in [0.15, 0.2) is 0 Å². The van der Waals surface area contributed by atoms with Crippen molar-refractivity contribution in [2.75, 3.05) is 13.7 Å². The smallest absolute Gasteiger partial charge is 0.407 e. The summed E-state index contributed by atoms with van der Waals surface area (Å²) in [5, 5.41) is 10.0. The van der Waals surface area contributed by atoms with Crippen LogP contribution in [0.2, 0.25) is 10.0 Å². The maximum Gasteiger partial charge on any atom is 0.407 e. The number of carbonyl (C=O) groups excluding carboxylic acids is 1. The average Bonchev–Trinajstić information content (AvgIpc) is 2.86. The van der Waals surface area contributed by atoms with Crippen LogP contribution in [0.1, 0.15) is 24.3 Å². The summed E-state index contributed by atoms with van der Waals surface area (Å²) >= 11 is 12.3. The van der Waals surface area contributed by atoms with Crippen molar-refractivity contribution < 1.29 is 19.4 Å². The normalized spacial score (nSPS) is 21.4. The zero-order valence-corrected chi connectivity index (χ0v) is 12.9. The zero-order valence-electron chi connectivity index (χ0n) is 11.4. The molecule has 0 aromatic heterocycles. The lowest BCUT2D eigenvalue weighted by molar-refractivity contribution is -0.108. The molecule has 1 saturated heterocycles. The molecule has 7 heteroatoms. The molecule has 1 aromatic carbocycles. The van der Waals surface area contributed by atoms with Crippen molar-refractivity contribution in [1.82, 2.24) is 4.90 Å². The summed E-state index contributed by atoms with van der Waals surface area (Å²) in [5.41, 5.74) is 0.700. The fourth-order valence-corrected chi connectivity index (χ4v) is 3.28. The molecule has 1 amide bonds. The molecule has 1 heterocycles. The number of aldehydes is 1. The molecule has 114 valence electrons. The molecule has 0 radical (unpaired) electrons. The van der Waals surface area contributed by atoms with Crippen molar-refractivity contribution in [2.24, 2.45) is 0 Å². The number of hydrogen-bond acceptors (Lipinski definition) is 3. The Labute approximate surface area is 132 Å². The molecule has 1 aliphatic rings. The first-order chi connectivity index (χ1) is 9.99. The maximum atomic E-state index is 11.3. The van der Waals surface area contributed by atoms with Gasteiger partial charge in [0, 0.05) is 30.5 Å². The van der Waals surface area contributed by atoms with Gasteiger partial charge in [-0.2, -0.15) is 0 Å². The van der Waals surface area contributed by atoms with Crippen LogP contribution < -0.4 is 4.74 Å². The Kier molecular flexibility index (Phi) is 4.96. The highest BCUT2D eigenvalue weighted by Crippen LogP contribution is 2.43. The molecular formula is C14H15Cl2NO4. The Balaban J connectivity index is 2.37. The SMILES string of the molecule is COc1ccc(Cl)c(Cl)c1[C@H]1C[C@@H](CC=O)N(C(=O)O)C1. The molecule has 0 aliphatic carbocycles. The molecule has 0 saturated carbocycles. The van der Waals surface area contributed by atoms with Gasteiger partial charge < -0.3 is 19.5 Å². The number of carbonyl (C=O) groups is 2. The average molecular weight is 332 g/mol. The molecule has 21 heavy (non-hydrogen) atoms. The predicted molar refractivity (Wildman–Crippen MR) is 79.6 cm³/mol. The number of rotatable bonds is 4. The minimum absolute atomic E-state index is 0.146. The Bertz CT molecular complexity index is 564. The Hall–Kier alpha value is -1.46. The van der Waals surface area contributed by atoms with Gasteiger partial charge in [-0.15, -0.1) is 0 Å². The van der Waals surface area contributed by atoms with Gasteiger partial charge in [0.25, 0.3) is 0 Å². The minimum atomic E-state index is -1.04. The Morgan fingerprint density at radius 3 is 2.81 bits per heavy atom. The van der Waals surface area contributed by atoms with Crippen molar-refractivity contribution in [2.45, 2.75) is 24.8 Å². The number of nitrogens with zero attached hydrogens (tertiary/aromatic N) is 1. The Morgan fingerprint density at radius 1 is 1.52 bits per heavy atom. The molecule has 1 N–H and O–H groups in total. The molecular weight excluding hydrogens is 317 g/mol. The fourth-order valence-electron chi connectivity index (χ4n) is 2.80. The summed E-state index contributed by atoms with van der Waals surface area (Å²) in [7, 11) is 1.52. The predicted octanol–water partition coefficient (Wildman–Crippen LogP) is 3.43. The van der Waals surface area contributed by atoms with Crippen LogP contribution in [0.15, 0.2) is 12.1 Å². The lowest BCUT2D eigenvalue weighted by Gasteiger charge is -2.19. The molecule has 1 fully saturated rings. The van der Waals surface area contributed by atoms with Crippen molar-refractivity contribution in [1.29, 1.82) is 0 Å². The summed E-state index contributed by atoms with van der Waals surface area (Å²) in [6.07, 6.45) is 0.381. The van der Waals surface area contributed by atoms with Crippen LogP contribution in [-0.4, -0.2) is 42.1 Å². The van der Waals surface area contributed by atoms with Crippen LogP contribution in [0.4, 0.5) is 4.79 Å². The van der Waals surface area contributed by atoms with Crippen LogP contribution in [-0.2, 0) is 4.79 Å².